The molecule has 28 heavy (non-hydrogen) atoms. The standard InChI is InChI=1S/C22H16BrClN2O2/c1-12-2-5-16-17(8-12)21(28)26(20(16)27)22(6-7-22)11-14-9-13-3-4-15(23)10-18(13)25-19(14)24/h2-5,8-10H,6-7,11H2,1H3. The molecule has 4 nitrogen and oxygen atoms in total. The number of nitrogens with zero attached hydrogens (tertiary/aromatic N) is 2. The lowest BCUT2D eigenvalue weighted by Crippen LogP contribution is -2.43. The number of aryl methyl sites for hydroxylation is 1. The Morgan fingerprint density at radius 3 is 2.57 bits per heavy atom. The van der Waals surface area contributed by atoms with Gasteiger partial charge < -0.3 is 0 Å². The van der Waals surface area contributed by atoms with Crippen molar-refractivity contribution in [2.24, 2.45) is 0 Å². The minimum atomic E-state index is -0.505. The number of rotatable bonds is 3. The zero-order chi connectivity index (χ0) is 19.6. The lowest BCUT2D eigenvalue weighted by Gasteiger charge is -2.26. The highest BCUT2D eigenvalue weighted by Gasteiger charge is 2.56. The summed E-state index contributed by atoms with van der Waals surface area (Å²) in [5.41, 5.74) is 3.14. The Labute approximate surface area is 175 Å². The number of aromatic nitrogens is 1. The van der Waals surface area contributed by atoms with Crippen molar-refractivity contribution in [2.75, 3.05) is 0 Å². The molecule has 140 valence electrons. The van der Waals surface area contributed by atoms with Crippen LogP contribution in [0.3, 0.4) is 0 Å². The fourth-order valence-electron chi connectivity index (χ4n) is 4.05. The van der Waals surface area contributed by atoms with Crippen LogP contribution in [0.25, 0.3) is 10.9 Å². The first-order valence-electron chi connectivity index (χ1n) is 9.12. The summed E-state index contributed by atoms with van der Waals surface area (Å²) in [6.07, 6.45) is 2.09. The van der Waals surface area contributed by atoms with E-state index in [1.165, 1.54) is 4.90 Å². The van der Waals surface area contributed by atoms with Crippen LogP contribution in [0.15, 0.2) is 46.9 Å². The molecule has 2 heterocycles. The monoisotopic (exact) mass is 454 g/mol. The number of halogens is 2. The molecule has 0 spiro atoms. The summed E-state index contributed by atoms with van der Waals surface area (Å²) in [6, 6.07) is 13.3. The van der Waals surface area contributed by atoms with Crippen LogP contribution in [0.4, 0.5) is 0 Å². The van der Waals surface area contributed by atoms with Crippen molar-refractivity contribution in [2.45, 2.75) is 31.7 Å². The average Bonchev–Trinajstić information content (AvgIpc) is 3.37. The number of benzene rings is 2. The molecule has 2 aliphatic rings. The van der Waals surface area contributed by atoms with Crippen LogP contribution >= 0.6 is 27.5 Å². The molecule has 2 aromatic carbocycles. The Bertz CT molecular complexity index is 1190. The van der Waals surface area contributed by atoms with E-state index in [1.807, 2.05) is 37.3 Å². The van der Waals surface area contributed by atoms with Gasteiger partial charge >= 0.3 is 0 Å². The molecule has 1 aliphatic heterocycles. The van der Waals surface area contributed by atoms with E-state index in [0.29, 0.717) is 22.7 Å². The Kier molecular flexibility index (Phi) is 3.90. The minimum absolute atomic E-state index is 0.199. The first kappa shape index (κ1) is 17.8. The van der Waals surface area contributed by atoms with Crippen molar-refractivity contribution in [1.82, 2.24) is 9.88 Å². The summed E-state index contributed by atoms with van der Waals surface area (Å²) >= 11 is 9.91. The van der Waals surface area contributed by atoms with Gasteiger partial charge in [0.2, 0.25) is 0 Å². The molecule has 0 N–H and O–H groups in total. The van der Waals surface area contributed by atoms with Gasteiger partial charge in [-0.2, -0.15) is 0 Å². The van der Waals surface area contributed by atoms with Gasteiger partial charge in [0, 0.05) is 9.86 Å². The first-order valence-corrected chi connectivity index (χ1v) is 10.3. The number of amides is 2. The zero-order valence-corrected chi connectivity index (χ0v) is 17.5. The lowest BCUT2D eigenvalue weighted by atomic mass is 10.0. The van der Waals surface area contributed by atoms with E-state index in [2.05, 4.69) is 20.9 Å². The molecule has 0 unspecified atom stereocenters. The van der Waals surface area contributed by atoms with E-state index < -0.39 is 5.54 Å². The second-order valence-electron chi connectivity index (χ2n) is 7.67. The van der Waals surface area contributed by atoms with Gasteiger partial charge in [-0.05, 0) is 62.1 Å². The van der Waals surface area contributed by atoms with Crippen LogP contribution in [0.5, 0.6) is 0 Å². The Hall–Kier alpha value is -2.24. The summed E-state index contributed by atoms with van der Waals surface area (Å²) in [5, 5.41) is 1.40. The van der Waals surface area contributed by atoms with E-state index in [-0.39, 0.29) is 11.8 Å². The van der Waals surface area contributed by atoms with E-state index in [1.54, 1.807) is 12.1 Å². The number of imide groups is 1. The van der Waals surface area contributed by atoms with E-state index >= 15 is 0 Å². The molecule has 2 amide bonds. The smallest absolute Gasteiger partial charge is 0.262 e. The SMILES string of the molecule is Cc1ccc2c(c1)C(=O)N(C1(Cc3cc4ccc(Br)cc4nc3Cl)CC1)C2=O. The first-order chi connectivity index (χ1) is 13.4. The molecule has 5 rings (SSSR count). The highest BCUT2D eigenvalue weighted by atomic mass is 79.9. The van der Waals surface area contributed by atoms with Gasteiger partial charge in [0.25, 0.3) is 11.8 Å². The minimum Gasteiger partial charge on any atom is -0.269 e. The number of hydrogen-bond acceptors (Lipinski definition) is 3. The topological polar surface area (TPSA) is 50.3 Å². The van der Waals surface area contributed by atoms with Crippen LogP contribution in [0, 0.1) is 6.92 Å². The zero-order valence-electron chi connectivity index (χ0n) is 15.1. The summed E-state index contributed by atoms with van der Waals surface area (Å²) < 4.78 is 0.941. The predicted molar refractivity (Wildman–Crippen MR) is 112 cm³/mol. The molecule has 3 aromatic rings. The molecule has 0 radical (unpaired) electrons. The number of carbonyl (C=O) groups excluding carboxylic acids is 2. The van der Waals surface area contributed by atoms with Crippen molar-refractivity contribution in [1.29, 1.82) is 0 Å². The maximum absolute atomic E-state index is 13.0. The van der Waals surface area contributed by atoms with Crippen molar-refractivity contribution in [3.63, 3.8) is 0 Å². The van der Waals surface area contributed by atoms with Gasteiger partial charge in [0.05, 0.1) is 22.2 Å². The molecular formula is C22H16BrClN2O2. The largest absolute Gasteiger partial charge is 0.269 e. The number of fused-ring (bicyclic) bond motifs is 2. The molecule has 0 bridgehead atoms. The van der Waals surface area contributed by atoms with E-state index in [9.17, 15) is 9.59 Å². The van der Waals surface area contributed by atoms with Gasteiger partial charge in [-0.15, -0.1) is 0 Å². The quantitative estimate of drug-likeness (QED) is 0.396. The van der Waals surface area contributed by atoms with Crippen LogP contribution in [-0.4, -0.2) is 27.2 Å². The Balaban J connectivity index is 1.52. The maximum Gasteiger partial charge on any atom is 0.262 e. The molecule has 0 atom stereocenters. The fraction of sp³-hybridized carbons (Fsp3) is 0.227. The number of carbonyl (C=O) groups is 2. The van der Waals surface area contributed by atoms with Gasteiger partial charge in [0.15, 0.2) is 0 Å². The summed E-state index contributed by atoms with van der Waals surface area (Å²) in [4.78, 5) is 32.0. The highest BCUT2D eigenvalue weighted by Crippen LogP contribution is 2.48. The summed E-state index contributed by atoms with van der Waals surface area (Å²) in [6.45, 7) is 1.92. The van der Waals surface area contributed by atoms with E-state index in [0.717, 1.165) is 39.3 Å². The van der Waals surface area contributed by atoms with Crippen molar-refractivity contribution in [3.05, 3.63) is 74.3 Å². The third kappa shape index (κ3) is 2.68. The maximum atomic E-state index is 13.0. The predicted octanol–water partition coefficient (Wildman–Crippen LogP) is 5.33. The van der Waals surface area contributed by atoms with Crippen LogP contribution in [0.2, 0.25) is 5.15 Å². The molecule has 1 saturated carbocycles. The summed E-state index contributed by atoms with van der Waals surface area (Å²) in [5.74, 6) is -0.402. The molecule has 1 fully saturated rings. The van der Waals surface area contributed by atoms with Gasteiger partial charge in [-0.3, -0.25) is 14.5 Å². The lowest BCUT2D eigenvalue weighted by molar-refractivity contribution is 0.0559. The van der Waals surface area contributed by atoms with Gasteiger partial charge in [-0.1, -0.05) is 45.2 Å². The molecular weight excluding hydrogens is 440 g/mol. The van der Waals surface area contributed by atoms with Crippen LogP contribution < -0.4 is 0 Å². The van der Waals surface area contributed by atoms with Gasteiger partial charge in [-0.25, -0.2) is 4.98 Å². The van der Waals surface area contributed by atoms with Crippen molar-refractivity contribution in [3.8, 4) is 0 Å². The molecule has 6 heteroatoms. The summed E-state index contributed by atoms with van der Waals surface area (Å²) in [7, 11) is 0. The van der Waals surface area contributed by atoms with E-state index in [4.69, 9.17) is 11.6 Å². The third-order valence-electron chi connectivity index (χ3n) is 5.67. The van der Waals surface area contributed by atoms with Gasteiger partial charge in [0.1, 0.15) is 5.15 Å². The average molecular weight is 456 g/mol. The molecule has 0 saturated heterocycles. The third-order valence-corrected chi connectivity index (χ3v) is 6.49. The Morgan fingerprint density at radius 2 is 1.82 bits per heavy atom. The Morgan fingerprint density at radius 1 is 1.07 bits per heavy atom. The highest BCUT2D eigenvalue weighted by molar-refractivity contribution is 9.10. The van der Waals surface area contributed by atoms with Crippen molar-refractivity contribution < 1.29 is 9.59 Å². The van der Waals surface area contributed by atoms with Crippen LogP contribution in [-0.2, 0) is 6.42 Å². The second kappa shape index (κ2) is 6.13. The molecule has 1 aromatic heterocycles. The number of pyridine rings is 1. The fourth-order valence-corrected chi connectivity index (χ4v) is 4.61. The second-order valence-corrected chi connectivity index (χ2v) is 8.94. The van der Waals surface area contributed by atoms with Crippen molar-refractivity contribution >= 4 is 50.2 Å². The van der Waals surface area contributed by atoms with Crippen LogP contribution in [0.1, 0.15) is 44.7 Å². The molecule has 1 aliphatic carbocycles. The number of hydrogen-bond donors (Lipinski definition) is 0. The normalized spacial score (nSPS) is 17.3.